The first-order valence-corrected chi connectivity index (χ1v) is 8.86. The van der Waals surface area contributed by atoms with Crippen molar-refractivity contribution in [2.45, 2.75) is 17.3 Å². The summed E-state index contributed by atoms with van der Waals surface area (Å²) in [6, 6.07) is 13.8. The van der Waals surface area contributed by atoms with Gasteiger partial charge in [0, 0.05) is 43.2 Å². The maximum Gasteiger partial charge on any atom is 0.277 e. The third-order valence-electron chi connectivity index (χ3n) is 3.74. The highest BCUT2D eigenvalue weighted by atomic mass is 32.2. The third-order valence-corrected chi connectivity index (χ3v) is 4.85. The molecule has 0 fully saturated rings. The van der Waals surface area contributed by atoms with Gasteiger partial charge in [-0.3, -0.25) is 4.79 Å². The van der Waals surface area contributed by atoms with Crippen molar-refractivity contribution in [1.29, 1.82) is 0 Å². The van der Waals surface area contributed by atoms with Gasteiger partial charge in [-0.25, -0.2) is 4.98 Å². The molecule has 0 atom stereocenters. The maximum absolute atomic E-state index is 12.4. The Bertz CT molecular complexity index is 910. The smallest absolute Gasteiger partial charge is 0.277 e. The molecule has 6 heteroatoms. The van der Waals surface area contributed by atoms with Gasteiger partial charge in [0.15, 0.2) is 5.16 Å². The van der Waals surface area contributed by atoms with Crippen molar-refractivity contribution in [2.24, 2.45) is 7.05 Å². The molecule has 2 heterocycles. The van der Waals surface area contributed by atoms with Crippen molar-refractivity contribution >= 4 is 11.8 Å². The van der Waals surface area contributed by atoms with Crippen LogP contribution in [0.3, 0.4) is 0 Å². The Morgan fingerprint density at radius 2 is 1.96 bits per heavy atom. The van der Waals surface area contributed by atoms with Crippen molar-refractivity contribution in [1.82, 2.24) is 14.5 Å². The van der Waals surface area contributed by atoms with Gasteiger partial charge in [0.2, 0.25) is 5.88 Å². The predicted octanol–water partition coefficient (Wildman–Crippen LogP) is 3.07. The first-order chi connectivity index (χ1) is 12.2. The standard InChI is InChI=1S/C19H19N3O2S/c1-22-12-16(10-15-8-9-20-17(11-15)24-2)18(23)21-19(22)25-13-14-6-4-3-5-7-14/h3-9,11-12H,10,13H2,1-2H3. The van der Waals surface area contributed by atoms with E-state index in [1.807, 2.05) is 48.1 Å². The molecular weight excluding hydrogens is 334 g/mol. The van der Waals surface area contributed by atoms with Crippen molar-refractivity contribution in [3.05, 3.63) is 81.9 Å². The molecular formula is C19H19N3O2S. The zero-order valence-electron chi connectivity index (χ0n) is 14.2. The largest absolute Gasteiger partial charge is 0.481 e. The maximum atomic E-state index is 12.4. The minimum absolute atomic E-state index is 0.190. The summed E-state index contributed by atoms with van der Waals surface area (Å²) in [5.41, 5.74) is 2.63. The quantitative estimate of drug-likeness (QED) is 0.503. The van der Waals surface area contributed by atoms with E-state index in [4.69, 9.17) is 4.74 Å². The van der Waals surface area contributed by atoms with Crippen LogP contribution in [0.25, 0.3) is 0 Å². The monoisotopic (exact) mass is 353 g/mol. The van der Waals surface area contributed by atoms with Crippen LogP contribution in [0.1, 0.15) is 16.7 Å². The lowest BCUT2D eigenvalue weighted by Crippen LogP contribution is -2.18. The fourth-order valence-corrected chi connectivity index (χ4v) is 3.34. The number of hydrogen-bond donors (Lipinski definition) is 0. The van der Waals surface area contributed by atoms with Gasteiger partial charge < -0.3 is 9.30 Å². The zero-order valence-corrected chi connectivity index (χ0v) is 15.0. The summed E-state index contributed by atoms with van der Waals surface area (Å²) in [6.07, 6.45) is 4.04. The number of thioether (sulfide) groups is 1. The van der Waals surface area contributed by atoms with E-state index in [9.17, 15) is 4.79 Å². The van der Waals surface area contributed by atoms with E-state index in [1.54, 1.807) is 25.1 Å². The molecule has 2 aromatic heterocycles. The van der Waals surface area contributed by atoms with Gasteiger partial charge in [-0.2, -0.15) is 4.98 Å². The summed E-state index contributed by atoms with van der Waals surface area (Å²) in [7, 11) is 3.49. The molecule has 5 nitrogen and oxygen atoms in total. The van der Waals surface area contributed by atoms with E-state index < -0.39 is 0 Å². The second kappa shape index (κ2) is 7.98. The zero-order chi connectivity index (χ0) is 17.6. The van der Waals surface area contributed by atoms with Crippen LogP contribution >= 0.6 is 11.8 Å². The number of rotatable bonds is 6. The SMILES string of the molecule is COc1cc(Cc2cn(C)c(SCc3ccccc3)nc2=O)ccn1. The average Bonchev–Trinajstić information content (AvgIpc) is 2.64. The highest BCUT2D eigenvalue weighted by Crippen LogP contribution is 2.20. The van der Waals surface area contributed by atoms with Crippen molar-refractivity contribution in [3.63, 3.8) is 0 Å². The molecule has 0 unspecified atom stereocenters. The summed E-state index contributed by atoms with van der Waals surface area (Å²) < 4.78 is 7.03. The minimum atomic E-state index is -0.190. The van der Waals surface area contributed by atoms with E-state index in [1.165, 1.54) is 5.56 Å². The van der Waals surface area contributed by atoms with Gasteiger partial charge in [-0.1, -0.05) is 42.1 Å². The van der Waals surface area contributed by atoms with Crippen LogP contribution in [0.2, 0.25) is 0 Å². The molecule has 3 aromatic rings. The summed E-state index contributed by atoms with van der Waals surface area (Å²) in [5.74, 6) is 1.32. The number of methoxy groups -OCH3 is 1. The molecule has 0 amide bonds. The van der Waals surface area contributed by atoms with Gasteiger partial charge in [-0.05, 0) is 17.2 Å². The van der Waals surface area contributed by atoms with Gasteiger partial charge in [-0.15, -0.1) is 0 Å². The normalized spacial score (nSPS) is 10.6. The van der Waals surface area contributed by atoms with E-state index in [-0.39, 0.29) is 5.56 Å². The van der Waals surface area contributed by atoms with Crippen LogP contribution in [0, 0.1) is 0 Å². The number of pyridine rings is 1. The Balaban J connectivity index is 1.76. The van der Waals surface area contributed by atoms with Crippen LogP contribution in [-0.4, -0.2) is 21.6 Å². The van der Waals surface area contributed by atoms with Crippen LogP contribution in [-0.2, 0) is 19.2 Å². The van der Waals surface area contributed by atoms with Gasteiger partial charge in [0.05, 0.1) is 7.11 Å². The van der Waals surface area contributed by atoms with E-state index in [0.717, 1.165) is 11.3 Å². The Hall–Kier alpha value is -2.60. The topological polar surface area (TPSA) is 57.0 Å². The summed E-state index contributed by atoms with van der Waals surface area (Å²) in [6.45, 7) is 0. The van der Waals surface area contributed by atoms with E-state index in [2.05, 4.69) is 22.1 Å². The lowest BCUT2D eigenvalue weighted by atomic mass is 10.1. The summed E-state index contributed by atoms with van der Waals surface area (Å²) in [4.78, 5) is 20.7. The number of hydrogen-bond acceptors (Lipinski definition) is 5. The molecule has 1 aromatic carbocycles. The molecule has 0 aliphatic carbocycles. The Kier molecular flexibility index (Phi) is 5.50. The molecule has 0 saturated heterocycles. The predicted molar refractivity (Wildman–Crippen MR) is 99.1 cm³/mol. The minimum Gasteiger partial charge on any atom is -0.481 e. The molecule has 128 valence electrons. The number of nitrogens with zero attached hydrogens (tertiary/aromatic N) is 3. The number of aromatic nitrogens is 3. The molecule has 0 N–H and O–H groups in total. The summed E-state index contributed by atoms with van der Waals surface area (Å²) >= 11 is 1.56. The highest BCUT2D eigenvalue weighted by molar-refractivity contribution is 7.98. The average molecular weight is 353 g/mol. The van der Waals surface area contributed by atoms with Gasteiger partial charge in [0.25, 0.3) is 5.56 Å². The lowest BCUT2D eigenvalue weighted by molar-refractivity contribution is 0.397. The molecule has 0 spiro atoms. The van der Waals surface area contributed by atoms with Crippen molar-refractivity contribution < 1.29 is 4.74 Å². The van der Waals surface area contributed by atoms with Crippen molar-refractivity contribution in [3.8, 4) is 5.88 Å². The molecule has 0 aliphatic heterocycles. The summed E-state index contributed by atoms with van der Waals surface area (Å²) in [5, 5.41) is 0.713. The highest BCUT2D eigenvalue weighted by Gasteiger charge is 2.09. The molecule has 0 radical (unpaired) electrons. The molecule has 0 saturated carbocycles. The van der Waals surface area contributed by atoms with Gasteiger partial charge in [0.1, 0.15) is 0 Å². The third kappa shape index (κ3) is 4.48. The van der Waals surface area contributed by atoms with Crippen molar-refractivity contribution in [2.75, 3.05) is 7.11 Å². The fraction of sp³-hybridized carbons (Fsp3) is 0.211. The van der Waals surface area contributed by atoms with Crippen LogP contribution in [0.4, 0.5) is 0 Å². The second-order valence-electron chi connectivity index (χ2n) is 5.62. The van der Waals surface area contributed by atoms with Crippen LogP contribution in [0.15, 0.2) is 64.8 Å². The second-order valence-corrected chi connectivity index (χ2v) is 6.56. The van der Waals surface area contributed by atoms with E-state index in [0.29, 0.717) is 23.0 Å². The molecule has 0 bridgehead atoms. The van der Waals surface area contributed by atoms with E-state index >= 15 is 0 Å². The van der Waals surface area contributed by atoms with Gasteiger partial charge >= 0.3 is 0 Å². The number of aryl methyl sites for hydroxylation is 1. The Morgan fingerprint density at radius 3 is 2.72 bits per heavy atom. The molecule has 25 heavy (non-hydrogen) atoms. The fourth-order valence-electron chi connectivity index (χ4n) is 2.45. The van der Waals surface area contributed by atoms with Crippen LogP contribution in [0.5, 0.6) is 5.88 Å². The number of benzene rings is 1. The molecule has 0 aliphatic rings. The lowest BCUT2D eigenvalue weighted by Gasteiger charge is -2.09. The Labute approximate surface area is 150 Å². The first kappa shape index (κ1) is 17.2. The van der Waals surface area contributed by atoms with Crippen LogP contribution < -0.4 is 10.3 Å². The Morgan fingerprint density at radius 1 is 1.16 bits per heavy atom. The first-order valence-electron chi connectivity index (χ1n) is 7.88. The molecule has 3 rings (SSSR count). The number of ether oxygens (including phenoxy) is 1.